The molecule has 0 unspecified atom stereocenters. The topological polar surface area (TPSA) is 20.3 Å². The van der Waals surface area contributed by atoms with Crippen LogP contribution in [0.3, 0.4) is 0 Å². The fourth-order valence-electron chi connectivity index (χ4n) is 1.32. The number of carbonyl (C=O) groups excluding carboxylic acids is 1. The van der Waals surface area contributed by atoms with Gasteiger partial charge in [-0.2, -0.15) is 0 Å². The van der Waals surface area contributed by atoms with Crippen LogP contribution in [-0.2, 0) is 0 Å². The maximum atomic E-state index is 11.7. The van der Waals surface area contributed by atoms with Gasteiger partial charge in [0.25, 0.3) is 5.24 Å². The molecule has 2 nitrogen and oxygen atoms in total. The van der Waals surface area contributed by atoms with Crippen molar-refractivity contribution >= 4 is 44.3 Å². The minimum atomic E-state index is 0. The third kappa shape index (κ3) is 9.66. The number of hydrogen-bond acceptors (Lipinski definition) is 2. The molecule has 0 atom stereocenters. The fraction of sp³-hybridized carbons (Fsp3) is 0.909. The van der Waals surface area contributed by atoms with E-state index in [-0.39, 0.29) is 32.5 Å². The average Bonchev–Trinajstić information content (AvgIpc) is 2.01. The fourth-order valence-corrected chi connectivity index (χ4v) is 1.90. The summed E-state index contributed by atoms with van der Waals surface area (Å²) in [5.41, 5.74) is 0. The van der Waals surface area contributed by atoms with Gasteiger partial charge in [0.2, 0.25) is 0 Å². The Labute approximate surface area is 119 Å². The van der Waals surface area contributed by atoms with Crippen LogP contribution >= 0.6 is 11.8 Å². The molecule has 0 aliphatic carbocycles. The molecule has 0 aliphatic heterocycles. The molecule has 90 valence electrons. The van der Waals surface area contributed by atoms with Crippen molar-refractivity contribution in [2.24, 2.45) is 11.8 Å². The first-order valence-corrected chi connectivity index (χ1v) is 6.37. The monoisotopic (exact) mass is 427 g/mol. The van der Waals surface area contributed by atoms with Gasteiger partial charge in [-0.05, 0) is 17.6 Å². The number of carbonyl (C=O) groups is 1. The van der Waals surface area contributed by atoms with E-state index < -0.39 is 0 Å². The first-order chi connectivity index (χ1) is 6.47. The summed E-state index contributed by atoms with van der Waals surface area (Å²) in [7, 11) is 0. The molecule has 0 aliphatic rings. The van der Waals surface area contributed by atoms with Crippen LogP contribution in [0.4, 0.5) is 4.79 Å². The minimum absolute atomic E-state index is 0. The molecule has 1 amide bonds. The molecule has 0 saturated heterocycles. The van der Waals surface area contributed by atoms with E-state index in [0.29, 0.717) is 11.8 Å². The zero-order valence-electron chi connectivity index (χ0n) is 10.7. The Bertz CT molecular complexity index is 164. The van der Waals surface area contributed by atoms with Crippen molar-refractivity contribution in [2.45, 2.75) is 34.6 Å². The molecule has 0 rings (SSSR count). The number of hydrogen-bond donors (Lipinski definition) is 0. The van der Waals surface area contributed by atoms with Gasteiger partial charge in [0.05, 0.1) is 0 Å². The van der Waals surface area contributed by atoms with E-state index in [1.165, 1.54) is 11.8 Å². The summed E-state index contributed by atoms with van der Waals surface area (Å²) in [6.45, 7) is 12.4. The summed E-state index contributed by atoms with van der Waals surface area (Å²) in [5.74, 6) is 1.97. The maximum absolute atomic E-state index is 11.7. The predicted molar refractivity (Wildman–Crippen MR) is 73.3 cm³/mol. The normalized spacial score (nSPS) is 10.3. The number of nitrogens with zero attached hydrogens (tertiary/aromatic N) is 1. The van der Waals surface area contributed by atoms with E-state index in [9.17, 15) is 4.79 Å². The molecular weight excluding hydrogens is 401 g/mol. The van der Waals surface area contributed by atoms with Crippen LogP contribution < -0.4 is 0 Å². The van der Waals surface area contributed by atoms with Crippen LogP contribution in [0.5, 0.6) is 0 Å². The van der Waals surface area contributed by atoms with Crippen molar-refractivity contribution in [1.29, 1.82) is 0 Å². The van der Waals surface area contributed by atoms with E-state index in [1.807, 2.05) is 11.8 Å². The molecule has 0 heterocycles. The Kier molecular flexibility index (Phi) is 12.0. The summed E-state index contributed by atoms with van der Waals surface area (Å²) < 4.78 is 0. The van der Waals surface area contributed by atoms with E-state index in [2.05, 4.69) is 27.7 Å². The first-order valence-electron chi connectivity index (χ1n) is 5.39. The molecule has 2 radical (unpaired) electrons. The number of thioether (sulfide) groups is 1. The standard InChI is InChI=1S/C11H23NOS.Pb.2H/c1-6-14-11(13)12(7-9(2)3)8-10(4)5;;;/h9-10H,6-8H2,1-5H3;;;. The molecule has 0 spiro atoms. The van der Waals surface area contributed by atoms with Gasteiger partial charge in [-0.1, -0.05) is 46.4 Å². The third-order valence-electron chi connectivity index (χ3n) is 1.70. The quantitative estimate of drug-likeness (QED) is 0.630. The van der Waals surface area contributed by atoms with Crippen molar-refractivity contribution in [3.63, 3.8) is 0 Å². The zero-order chi connectivity index (χ0) is 11.1. The van der Waals surface area contributed by atoms with Crippen molar-refractivity contribution in [3.8, 4) is 0 Å². The summed E-state index contributed by atoms with van der Waals surface area (Å²) in [4.78, 5) is 13.7. The van der Waals surface area contributed by atoms with E-state index in [0.717, 1.165) is 18.8 Å². The Morgan fingerprint density at radius 2 is 1.53 bits per heavy atom. The molecule has 0 aromatic carbocycles. The van der Waals surface area contributed by atoms with Crippen molar-refractivity contribution in [2.75, 3.05) is 18.8 Å². The van der Waals surface area contributed by atoms with Gasteiger partial charge in [0.15, 0.2) is 0 Å². The van der Waals surface area contributed by atoms with Crippen LogP contribution in [0.25, 0.3) is 0 Å². The van der Waals surface area contributed by atoms with Gasteiger partial charge in [-0.3, -0.25) is 4.79 Å². The molecule has 0 aromatic heterocycles. The van der Waals surface area contributed by atoms with Crippen LogP contribution in [0.15, 0.2) is 0 Å². The summed E-state index contributed by atoms with van der Waals surface area (Å²) in [5, 5.41) is 0.231. The second kappa shape index (κ2) is 9.93. The van der Waals surface area contributed by atoms with Crippen LogP contribution in [-0.4, -0.2) is 56.3 Å². The summed E-state index contributed by atoms with van der Waals surface area (Å²) in [6, 6.07) is 0. The molecule has 15 heavy (non-hydrogen) atoms. The third-order valence-corrected chi connectivity index (χ3v) is 2.49. The molecule has 0 bridgehead atoms. The predicted octanol–water partition coefficient (Wildman–Crippen LogP) is 2.56. The van der Waals surface area contributed by atoms with E-state index >= 15 is 0 Å². The molecular formula is C11H25NOPbS. The van der Waals surface area contributed by atoms with Crippen molar-refractivity contribution < 1.29 is 4.79 Å². The molecule has 4 heteroatoms. The van der Waals surface area contributed by atoms with Crippen LogP contribution in [0, 0.1) is 11.8 Å². The van der Waals surface area contributed by atoms with Crippen LogP contribution in [0.2, 0.25) is 0 Å². The second-order valence-electron chi connectivity index (χ2n) is 4.39. The van der Waals surface area contributed by atoms with E-state index in [1.54, 1.807) is 0 Å². The molecule has 0 N–H and O–H groups in total. The Hall–Kier alpha value is 0.742. The van der Waals surface area contributed by atoms with Gasteiger partial charge in [-0.25, -0.2) is 0 Å². The van der Waals surface area contributed by atoms with Gasteiger partial charge in [-0.15, -0.1) is 0 Å². The number of amides is 1. The molecule has 0 aromatic rings. The molecule has 0 saturated carbocycles. The Balaban J connectivity index is 0. The van der Waals surface area contributed by atoms with Crippen LogP contribution in [0.1, 0.15) is 34.6 Å². The van der Waals surface area contributed by atoms with Crippen molar-refractivity contribution in [3.05, 3.63) is 0 Å². The first kappa shape index (κ1) is 18.1. The van der Waals surface area contributed by atoms with Gasteiger partial charge < -0.3 is 4.90 Å². The molecule has 0 fully saturated rings. The van der Waals surface area contributed by atoms with Gasteiger partial charge >= 0.3 is 27.3 Å². The second-order valence-corrected chi connectivity index (χ2v) is 5.61. The Morgan fingerprint density at radius 1 is 1.13 bits per heavy atom. The summed E-state index contributed by atoms with van der Waals surface area (Å²) in [6.07, 6.45) is 0. The number of rotatable bonds is 5. The van der Waals surface area contributed by atoms with Gasteiger partial charge in [0.1, 0.15) is 0 Å². The van der Waals surface area contributed by atoms with Gasteiger partial charge in [0, 0.05) is 13.1 Å². The van der Waals surface area contributed by atoms with E-state index in [4.69, 9.17) is 0 Å². The zero-order valence-corrected chi connectivity index (χ0v) is 17.1. The van der Waals surface area contributed by atoms with Crippen molar-refractivity contribution in [1.82, 2.24) is 4.90 Å². The summed E-state index contributed by atoms with van der Waals surface area (Å²) >= 11 is 1.41. The SMILES string of the molecule is CCSC(=O)N(CC(C)C)CC(C)C.[PbH2]. The average molecular weight is 427 g/mol. The Morgan fingerprint density at radius 3 is 1.80 bits per heavy atom.